The highest BCUT2D eigenvalue weighted by molar-refractivity contribution is 9.10. The fourth-order valence-corrected chi connectivity index (χ4v) is 4.31. The number of hydrogen-bond donors (Lipinski definition) is 1. The summed E-state index contributed by atoms with van der Waals surface area (Å²) >= 11 is 3.45. The molecule has 1 aromatic carbocycles. The van der Waals surface area contributed by atoms with Crippen LogP contribution in [-0.4, -0.2) is 53.8 Å². The van der Waals surface area contributed by atoms with Gasteiger partial charge >= 0.3 is 0 Å². The zero-order valence-electron chi connectivity index (χ0n) is 14.7. The van der Waals surface area contributed by atoms with Crippen LogP contribution in [0.4, 0.5) is 0 Å². The Kier molecular flexibility index (Phi) is 6.12. The molecule has 2 heterocycles. The third-order valence-electron chi connectivity index (χ3n) is 5.26. The molecule has 2 atom stereocenters. The minimum atomic E-state index is -0.226. The normalized spacial score (nSPS) is 24.1. The van der Waals surface area contributed by atoms with E-state index in [0.717, 1.165) is 29.5 Å². The number of rotatable bonds is 6. The zero-order chi connectivity index (χ0) is 17.8. The Hall–Kier alpha value is -1.40. The zero-order valence-corrected chi connectivity index (χ0v) is 16.3. The molecular formula is C19H26BrN3O2. The number of likely N-dealkylation sites (tertiary alicyclic amines) is 2. The maximum atomic E-state index is 12.5. The largest absolute Gasteiger partial charge is 0.354 e. The molecule has 0 saturated carbocycles. The second-order valence-corrected chi connectivity index (χ2v) is 7.89. The fourth-order valence-electron chi connectivity index (χ4n) is 3.86. The molecule has 2 amide bonds. The molecule has 2 unspecified atom stereocenters. The summed E-state index contributed by atoms with van der Waals surface area (Å²) in [5, 5.41) is 3.08. The lowest BCUT2D eigenvalue weighted by molar-refractivity contribution is -0.129. The van der Waals surface area contributed by atoms with Gasteiger partial charge < -0.3 is 10.2 Å². The van der Waals surface area contributed by atoms with Crippen molar-refractivity contribution in [2.75, 3.05) is 26.2 Å². The van der Waals surface area contributed by atoms with Crippen LogP contribution in [0, 0.1) is 5.92 Å². The van der Waals surface area contributed by atoms with Gasteiger partial charge in [0.2, 0.25) is 11.8 Å². The summed E-state index contributed by atoms with van der Waals surface area (Å²) in [5.41, 5.74) is 1.08. The van der Waals surface area contributed by atoms with Crippen LogP contribution in [0.25, 0.3) is 0 Å². The van der Waals surface area contributed by atoms with Crippen LogP contribution >= 0.6 is 15.9 Å². The molecule has 1 N–H and O–H groups in total. The lowest BCUT2D eigenvalue weighted by Gasteiger charge is -2.23. The predicted molar refractivity (Wildman–Crippen MR) is 101 cm³/mol. The van der Waals surface area contributed by atoms with Gasteiger partial charge in [0.15, 0.2) is 0 Å². The molecule has 0 aliphatic carbocycles. The Balaban J connectivity index is 1.50. The van der Waals surface area contributed by atoms with Crippen molar-refractivity contribution in [2.24, 2.45) is 5.92 Å². The van der Waals surface area contributed by atoms with Crippen molar-refractivity contribution in [3.63, 3.8) is 0 Å². The van der Waals surface area contributed by atoms with Crippen molar-refractivity contribution >= 4 is 27.7 Å². The summed E-state index contributed by atoms with van der Waals surface area (Å²) in [4.78, 5) is 28.9. The third-order valence-corrected chi connectivity index (χ3v) is 5.76. The van der Waals surface area contributed by atoms with E-state index in [1.165, 1.54) is 6.42 Å². The Labute approximate surface area is 157 Å². The fraction of sp³-hybridized carbons (Fsp3) is 0.579. The summed E-state index contributed by atoms with van der Waals surface area (Å²) in [6.45, 7) is 6.09. The monoisotopic (exact) mass is 407 g/mol. The van der Waals surface area contributed by atoms with E-state index in [1.54, 1.807) is 4.90 Å². The van der Waals surface area contributed by atoms with Crippen molar-refractivity contribution < 1.29 is 9.59 Å². The van der Waals surface area contributed by atoms with Gasteiger partial charge in [-0.2, -0.15) is 0 Å². The molecular weight excluding hydrogens is 382 g/mol. The number of likely N-dealkylation sites (N-methyl/N-ethyl adjacent to an activating group) is 1. The Bertz CT molecular complexity index is 637. The molecule has 6 heteroatoms. The van der Waals surface area contributed by atoms with Gasteiger partial charge in [-0.05, 0) is 43.6 Å². The molecule has 5 nitrogen and oxygen atoms in total. The molecule has 2 aliphatic heterocycles. The van der Waals surface area contributed by atoms with Crippen LogP contribution in [0.5, 0.6) is 0 Å². The van der Waals surface area contributed by atoms with Crippen LogP contribution in [0.1, 0.15) is 31.7 Å². The van der Waals surface area contributed by atoms with Gasteiger partial charge in [0, 0.05) is 36.6 Å². The van der Waals surface area contributed by atoms with Gasteiger partial charge in [-0.3, -0.25) is 14.5 Å². The van der Waals surface area contributed by atoms with Crippen molar-refractivity contribution in [2.45, 2.75) is 38.8 Å². The first kappa shape index (κ1) is 18.4. The number of carbonyl (C=O) groups excluding carboxylic acids is 2. The van der Waals surface area contributed by atoms with Gasteiger partial charge in [0.05, 0.1) is 5.92 Å². The van der Waals surface area contributed by atoms with Gasteiger partial charge in [0.1, 0.15) is 0 Å². The molecule has 0 spiro atoms. The quantitative estimate of drug-likeness (QED) is 0.787. The average Bonchev–Trinajstić information content (AvgIpc) is 3.19. The van der Waals surface area contributed by atoms with Crippen molar-refractivity contribution in [3.8, 4) is 0 Å². The molecule has 25 heavy (non-hydrogen) atoms. The number of nitrogens with one attached hydrogen (secondary N) is 1. The topological polar surface area (TPSA) is 52.7 Å². The number of hydrogen-bond acceptors (Lipinski definition) is 3. The van der Waals surface area contributed by atoms with E-state index < -0.39 is 0 Å². The van der Waals surface area contributed by atoms with Gasteiger partial charge in [-0.25, -0.2) is 0 Å². The molecule has 2 saturated heterocycles. The van der Waals surface area contributed by atoms with Crippen molar-refractivity contribution in [1.29, 1.82) is 0 Å². The predicted octanol–water partition coefficient (Wildman–Crippen LogP) is 2.40. The first-order valence-corrected chi connectivity index (χ1v) is 9.90. The lowest BCUT2D eigenvalue weighted by atomic mass is 10.1. The molecule has 2 fully saturated rings. The minimum absolute atomic E-state index is 0.0213. The molecule has 0 radical (unpaired) electrons. The molecule has 136 valence electrons. The lowest BCUT2D eigenvalue weighted by Crippen LogP contribution is -2.42. The molecule has 3 rings (SSSR count). The van der Waals surface area contributed by atoms with Gasteiger partial charge in [0.25, 0.3) is 0 Å². The van der Waals surface area contributed by atoms with E-state index in [1.807, 2.05) is 24.3 Å². The Morgan fingerprint density at radius 1 is 1.40 bits per heavy atom. The van der Waals surface area contributed by atoms with Crippen molar-refractivity contribution in [1.82, 2.24) is 15.1 Å². The summed E-state index contributed by atoms with van der Waals surface area (Å²) in [5.74, 6) is -0.139. The van der Waals surface area contributed by atoms with Crippen molar-refractivity contribution in [3.05, 3.63) is 34.3 Å². The first-order valence-electron chi connectivity index (χ1n) is 9.10. The summed E-state index contributed by atoms with van der Waals surface area (Å²) in [7, 11) is 0. The number of benzene rings is 1. The van der Waals surface area contributed by atoms with E-state index in [9.17, 15) is 9.59 Å². The average molecular weight is 408 g/mol. The highest BCUT2D eigenvalue weighted by atomic mass is 79.9. The second kappa shape index (κ2) is 8.32. The number of nitrogens with zero attached hydrogens (tertiary/aromatic N) is 2. The SMILES string of the molecule is CCN1CCCC1CNC(=O)C1CC(=O)N(Cc2cccc(Br)c2)C1. The van der Waals surface area contributed by atoms with Crippen LogP contribution in [0.2, 0.25) is 0 Å². The van der Waals surface area contributed by atoms with E-state index >= 15 is 0 Å². The summed E-state index contributed by atoms with van der Waals surface area (Å²) in [6.07, 6.45) is 2.67. The van der Waals surface area contributed by atoms with Gasteiger partial charge in [-0.1, -0.05) is 35.0 Å². The molecule has 2 aliphatic rings. The highest BCUT2D eigenvalue weighted by Gasteiger charge is 2.34. The maximum absolute atomic E-state index is 12.5. The van der Waals surface area contributed by atoms with Crippen LogP contribution < -0.4 is 5.32 Å². The first-order chi connectivity index (χ1) is 12.1. The van der Waals surface area contributed by atoms with Crippen LogP contribution in [0.3, 0.4) is 0 Å². The summed E-state index contributed by atoms with van der Waals surface area (Å²) < 4.78 is 1.00. The summed E-state index contributed by atoms with van der Waals surface area (Å²) in [6, 6.07) is 8.40. The second-order valence-electron chi connectivity index (χ2n) is 6.98. The molecule has 0 aromatic heterocycles. The van der Waals surface area contributed by atoms with E-state index in [4.69, 9.17) is 0 Å². The Morgan fingerprint density at radius 2 is 2.24 bits per heavy atom. The maximum Gasteiger partial charge on any atom is 0.225 e. The number of amides is 2. The number of carbonyl (C=O) groups is 2. The van der Waals surface area contributed by atoms with E-state index in [-0.39, 0.29) is 17.7 Å². The molecule has 0 bridgehead atoms. The Morgan fingerprint density at radius 3 is 3.00 bits per heavy atom. The smallest absolute Gasteiger partial charge is 0.225 e. The third kappa shape index (κ3) is 4.61. The molecule has 1 aromatic rings. The standard InChI is InChI=1S/C19H26BrN3O2/c1-2-22-8-4-7-17(22)11-21-19(25)15-10-18(24)23(13-15)12-14-5-3-6-16(20)9-14/h3,5-6,9,15,17H,2,4,7-8,10-13H2,1H3,(H,21,25). The minimum Gasteiger partial charge on any atom is -0.354 e. The van der Waals surface area contributed by atoms with Crippen LogP contribution in [-0.2, 0) is 16.1 Å². The van der Waals surface area contributed by atoms with Gasteiger partial charge in [-0.15, -0.1) is 0 Å². The van der Waals surface area contributed by atoms with E-state index in [0.29, 0.717) is 32.1 Å². The van der Waals surface area contributed by atoms with Crippen LogP contribution in [0.15, 0.2) is 28.7 Å². The van der Waals surface area contributed by atoms with E-state index in [2.05, 4.69) is 33.1 Å². The highest BCUT2D eigenvalue weighted by Crippen LogP contribution is 2.22. The number of halogens is 1.